The number of carbonyl (C=O) groups excluding carboxylic acids is 3. The number of hydrogen-bond acceptors (Lipinski definition) is 7. The molecule has 0 bridgehead atoms. The molecule has 0 aromatic heterocycles. The first-order valence-corrected chi connectivity index (χ1v) is 11.0. The van der Waals surface area contributed by atoms with Gasteiger partial charge < -0.3 is 42.9 Å². The van der Waals surface area contributed by atoms with E-state index in [0.29, 0.717) is 32.2 Å². The average molecular weight is 472 g/mol. The maximum Gasteiger partial charge on any atom is 0.326 e. The van der Waals surface area contributed by atoms with Gasteiger partial charge in [-0.2, -0.15) is 0 Å². The van der Waals surface area contributed by atoms with E-state index < -0.39 is 54.5 Å². The molecule has 1 aliphatic heterocycles. The molecule has 1 saturated heterocycles. The lowest BCUT2D eigenvalue weighted by atomic mass is 10.0. The largest absolute Gasteiger partial charge is 0.480 e. The van der Waals surface area contributed by atoms with E-state index in [1.54, 1.807) is 0 Å². The quantitative estimate of drug-likeness (QED) is 0.0850. The Morgan fingerprint density at radius 2 is 1.82 bits per heavy atom. The van der Waals surface area contributed by atoms with E-state index in [1.807, 2.05) is 13.8 Å². The van der Waals surface area contributed by atoms with Crippen LogP contribution in [0.4, 0.5) is 0 Å². The van der Waals surface area contributed by atoms with E-state index in [2.05, 4.69) is 15.6 Å². The molecular weight excluding hydrogens is 434 g/mol. The second-order valence-corrected chi connectivity index (χ2v) is 8.52. The van der Waals surface area contributed by atoms with Gasteiger partial charge in [-0.25, -0.2) is 4.79 Å². The van der Waals surface area contributed by atoms with E-state index in [4.69, 9.17) is 22.3 Å². The molecule has 0 saturated carbocycles. The van der Waals surface area contributed by atoms with Gasteiger partial charge in [0, 0.05) is 13.1 Å². The first kappa shape index (κ1) is 28.1. The van der Waals surface area contributed by atoms with Crippen LogP contribution in [-0.2, 0) is 19.2 Å². The van der Waals surface area contributed by atoms with Gasteiger partial charge in [0.15, 0.2) is 5.96 Å². The van der Waals surface area contributed by atoms with E-state index in [0.717, 1.165) is 0 Å². The predicted molar refractivity (Wildman–Crippen MR) is 121 cm³/mol. The number of carbonyl (C=O) groups is 4. The number of aliphatic imine (C=N–C) groups is 1. The normalized spacial score (nSPS) is 18.3. The lowest BCUT2D eigenvalue weighted by Gasteiger charge is -2.30. The third-order valence-electron chi connectivity index (χ3n) is 5.25. The number of aliphatic hydroxyl groups excluding tert-OH is 1. The minimum Gasteiger partial charge on any atom is -0.480 e. The van der Waals surface area contributed by atoms with E-state index >= 15 is 0 Å². The molecule has 0 aromatic rings. The van der Waals surface area contributed by atoms with Crippen LogP contribution in [0.2, 0.25) is 0 Å². The molecule has 1 fully saturated rings. The number of rotatable bonds is 13. The van der Waals surface area contributed by atoms with Gasteiger partial charge in [0.05, 0.1) is 6.61 Å². The third kappa shape index (κ3) is 9.22. The molecule has 4 atom stereocenters. The average Bonchev–Trinajstić information content (AvgIpc) is 3.23. The Hall–Kier alpha value is -2.93. The summed E-state index contributed by atoms with van der Waals surface area (Å²) in [6.07, 6.45) is 1.71. The Bertz CT molecular complexity index is 726. The van der Waals surface area contributed by atoms with Crippen molar-refractivity contribution in [2.24, 2.45) is 28.1 Å². The van der Waals surface area contributed by atoms with E-state index in [-0.39, 0.29) is 24.8 Å². The monoisotopic (exact) mass is 471 g/mol. The van der Waals surface area contributed by atoms with Gasteiger partial charge in [-0.05, 0) is 38.0 Å². The maximum atomic E-state index is 13.2. The van der Waals surface area contributed by atoms with Crippen molar-refractivity contribution in [3.8, 4) is 0 Å². The molecule has 13 heteroatoms. The minimum atomic E-state index is -1.20. The second kappa shape index (κ2) is 13.6. The lowest BCUT2D eigenvalue weighted by Crippen LogP contribution is -2.57. The van der Waals surface area contributed by atoms with Gasteiger partial charge in [0.1, 0.15) is 24.2 Å². The van der Waals surface area contributed by atoms with Crippen LogP contribution in [0.5, 0.6) is 0 Å². The van der Waals surface area contributed by atoms with E-state index in [1.165, 1.54) is 4.90 Å². The van der Waals surface area contributed by atoms with Crippen LogP contribution < -0.4 is 27.8 Å². The standard InChI is InChI=1S/C20H37N7O6/c1-11(2)9-14(26-16(29)12(21)10-28)18(31)27-8-4-6-15(27)17(30)25-13(19(32)33)5-3-7-24-20(22)23/h11-15,28H,3-10,21H2,1-2H3,(H,25,30)(H,26,29)(H,32,33)(H4,22,23,24). The van der Waals surface area contributed by atoms with Crippen molar-refractivity contribution in [1.82, 2.24) is 15.5 Å². The van der Waals surface area contributed by atoms with Crippen LogP contribution in [0.25, 0.3) is 0 Å². The fourth-order valence-corrected chi connectivity index (χ4v) is 3.59. The van der Waals surface area contributed by atoms with Gasteiger partial charge in [-0.1, -0.05) is 13.8 Å². The molecule has 0 aliphatic carbocycles. The predicted octanol–water partition coefficient (Wildman–Crippen LogP) is -2.55. The molecular formula is C20H37N7O6. The van der Waals surface area contributed by atoms with Gasteiger partial charge in [0.25, 0.3) is 0 Å². The van der Waals surface area contributed by atoms with E-state index in [9.17, 15) is 24.3 Å². The fraction of sp³-hybridized carbons (Fsp3) is 0.750. The SMILES string of the molecule is CC(C)CC(NC(=O)C(N)CO)C(=O)N1CCCC1C(=O)NC(CCCN=C(N)N)C(=O)O. The number of aliphatic carboxylic acids is 1. The molecule has 1 heterocycles. The Morgan fingerprint density at radius 1 is 1.15 bits per heavy atom. The number of nitrogens with two attached hydrogens (primary N) is 3. The van der Waals surface area contributed by atoms with Crippen molar-refractivity contribution in [2.75, 3.05) is 19.7 Å². The molecule has 10 N–H and O–H groups in total. The van der Waals surface area contributed by atoms with Crippen LogP contribution >= 0.6 is 0 Å². The molecule has 0 aromatic carbocycles. The summed E-state index contributed by atoms with van der Waals surface area (Å²) in [7, 11) is 0. The highest BCUT2D eigenvalue weighted by atomic mass is 16.4. The number of guanidine groups is 1. The van der Waals surface area contributed by atoms with Crippen molar-refractivity contribution in [3.63, 3.8) is 0 Å². The zero-order valence-electron chi connectivity index (χ0n) is 19.2. The van der Waals surface area contributed by atoms with Crippen LogP contribution in [0.15, 0.2) is 4.99 Å². The summed E-state index contributed by atoms with van der Waals surface area (Å²) in [5.74, 6) is -2.93. The number of hydrogen-bond donors (Lipinski definition) is 7. The number of carboxylic acid groups (broad SMARTS) is 1. The summed E-state index contributed by atoms with van der Waals surface area (Å²) >= 11 is 0. The summed E-state index contributed by atoms with van der Waals surface area (Å²) in [4.78, 5) is 55.0. The lowest BCUT2D eigenvalue weighted by molar-refractivity contribution is -0.145. The Labute approximate surface area is 193 Å². The number of nitrogens with one attached hydrogen (secondary N) is 2. The molecule has 4 unspecified atom stereocenters. The van der Waals surface area contributed by atoms with Gasteiger partial charge in [0.2, 0.25) is 17.7 Å². The number of carboxylic acids is 1. The van der Waals surface area contributed by atoms with Gasteiger partial charge in [-0.15, -0.1) is 0 Å². The molecule has 188 valence electrons. The van der Waals surface area contributed by atoms with Crippen molar-refractivity contribution >= 4 is 29.7 Å². The van der Waals surface area contributed by atoms with Crippen molar-refractivity contribution in [1.29, 1.82) is 0 Å². The third-order valence-corrected chi connectivity index (χ3v) is 5.25. The topological polar surface area (TPSA) is 226 Å². The molecule has 0 radical (unpaired) electrons. The summed E-state index contributed by atoms with van der Waals surface area (Å²) in [6, 6.07) is -4.09. The Morgan fingerprint density at radius 3 is 2.36 bits per heavy atom. The van der Waals surface area contributed by atoms with Crippen molar-refractivity contribution < 1.29 is 29.4 Å². The summed E-state index contributed by atoms with van der Waals surface area (Å²) < 4.78 is 0. The van der Waals surface area contributed by atoms with Gasteiger partial charge in [-0.3, -0.25) is 19.4 Å². The molecule has 3 amide bonds. The van der Waals surface area contributed by atoms with Crippen molar-refractivity contribution in [2.45, 2.75) is 70.1 Å². The molecule has 13 nitrogen and oxygen atoms in total. The van der Waals surface area contributed by atoms with Crippen molar-refractivity contribution in [3.05, 3.63) is 0 Å². The highest BCUT2D eigenvalue weighted by molar-refractivity contribution is 5.94. The zero-order valence-corrected chi connectivity index (χ0v) is 19.2. The highest BCUT2D eigenvalue weighted by Gasteiger charge is 2.39. The molecule has 1 rings (SSSR count). The maximum absolute atomic E-state index is 13.2. The number of likely N-dealkylation sites (tertiary alicyclic amines) is 1. The minimum absolute atomic E-state index is 0.0566. The number of aliphatic hydroxyl groups is 1. The van der Waals surface area contributed by atoms with Crippen LogP contribution in [0.1, 0.15) is 46.0 Å². The van der Waals surface area contributed by atoms with Crippen LogP contribution in [0, 0.1) is 5.92 Å². The summed E-state index contributed by atoms with van der Waals surface area (Å²) in [6.45, 7) is 3.72. The smallest absolute Gasteiger partial charge is 0.326 e. The fourth-order valence-electron chi connectivity index (χ4n) is 3.59. The summed E-state index contributed by atoms with van der Waals surface area (Å²) in [5.41, 5.74) is 16.0. The molecule has 0 spiro atoms. The second-order valence-electron chi connectivity index (χ2n) is 8.52. The number of amides is 3. The number of nitrogens with zero attached hydrogens (tertiary/aromatic N) is 2. The summed E-state index contributed by atoms with van der Waals surface area (Å²) in [5, 5.41) is 23.6. The first-order valence-electron chi connectivity index (χ1n) is 11.0. The van der Waals surface area contributed by atoms with Crippen LogP contribution in [-0.4, -0.2) is 88.6 Å². The highest BCUT2D eigenvalue weighted by Crippen LogP contribution is 2.21. The molecule has 1 aliphatic rings. The Balaban J connectivity index is 2.87. The van der Waals surface area contributed by atoms with Crippen LogP contribution in [0.3, 0.4) is 0 Å². The first-order chi connectivity index (χ1) is 15.5. The Kier molecular flexibility index (Phi) is 11.6. The zero-order chi connectivity index (χ0) is 25.1. The molecule has 33 heavy (non-hydrogen) atoms. The van der Waals surface area contributed by atoms with Gasteiger partial charge >= 0.3 is 5.97 Å².